The van der Waals surface area contributed by atoms with Crippen molar-refractivity contribution >= 4 is 0 Å². The molecule has 3 nitrogen and oxygen atoms in total. The van der Waals surface area contributed by atoms with E-state index in [2.05, 4.69) is 13.8 Å². The number of hydrogen-bond donors (Lipinski definition) is 1. The van der Waals surface area contributed by atoms with E-state index in [1.54, 1.807) is 7.11 Å². The van der Waals surface area contributed by atoms with Gasteiger partial charge in [0.05, 0.1) is 19.8 Å². The molecule has 0 bridgehead atoms. The van der Waals surface area contributed by atoms with E-state index in [1.807, 2.05) is 18.2 Å². The third kappa shape index (κ3) is 3.63. The molecule has 0 amide bonds. The largest absolute Gasteiger partial charge is 0.497 e. The molecule has 0 aromatic heterocycles. The van der Waals surface area contributed by atoms with Gasteiger partial charge in [-0.05, 0) is 49.3 Å². The number of methoxy groups -OCH3 is 1. The van der Waals surface area contributed by atoms with Crippen molar-refractivity contribution in [2.24, 2.45) is 11.8 Å². The number of hydrogen-bond acceptors (Lipinski definition) is 3. The van der Waals surface area contributed by atoms with E-state index < -0.39 is 0 Å². The van der Waals surface area contributed by atoms with Crippen LogP contribution < -0.4 is 9.47 Å². The second-order valence-corrected chi connectivity index (χ2v) is 5.79. The van der Waals surface area contributed by atoms with Crippen LogP contribution in [0.3, 0.4) is 0 Å². The summed E-state index contributed by atoms with van der Waals surface area (Å²) in [6, 6.07) is 5.61. The van der Waals surface area contributed by atoms with Gasteiger partial charge in [-0.2, -0.15) is 0 Å². The monoisotopic (exact) mass is 264 g/mol. The van der Waals surface area contributed by atoms with Crippen molar-refractivity contribution in [1.82, 2.24) is 0 Å². The minimum atomic E-state index is -0.0235. The van der Waals surface area contributed by atoms with Crippen LogP contribution in [-0.2, 0) is 6.61 Å². The summed E-state index contributed by atoms with van der Waals surface area (Å²) in [6.45, 7) is 4.55. The van der Waals surface area contributed by atoms with Crippen molar-refractivity contribution in [1.29, 1.82) is 0 Å². The Morgan fingerprint density at radius 2 is 1.84 bits per heavy atom. The molecule has 1 aliphatic carbocycles. The number of aliphatic hydroxyl groups excluding tert-OH is 1. The molecule has 1 saturated carbocycles. The number of rotatable bonds is 4. The highest BCUT2D eigenvalue weighted by atomic mass is 16.5. The normalized spacial score (nSPS) is 27.1. The van der Waals surface area contributed by atoms with Gasteiger partial charge in [0.1, 0.15) is 11.5 Å². The number of ether oxygens (including phenoxy) is 2. The van der Waals surface area contributed by atoms with Gasteiger partial charge in [0, 0.05) is 5.56 Å². The summed E-state index contributed by atoms with van der Waals surface area (Å²) < 4.78 is 11.3. The SMILES string of the molecule is COc1ccc(OC2CC(C)CC(C)C2)c(CO)c1. The van der Waals surface area contributed by atoms with Crippen molar-refractivity contribution in [3.63, 3.8) is 0 Å². The molecule has 0 saturated heterocycles. The average Bonchev–Trinajstić information content (AvgIpc) is 2.38. The molecule has 1 fully saturated rings. The molecular formula is C16H24O3. The molecule has 0 aliphatic heterocycles. The number of aliphatic hydroxyl groups is 1. The van der Waals surface area contributed by atoms with E-state index in [4.69, 9.17) is 9.47 Å². The Bertz CT molecular complexity index is 406. The van der Waals surface area contributed by atoms with Crippen LogP contribution in [0.4, 0.5) is 0 Å². The molecule has 3 heteroatoms. The van der Waals surface area contributed by atoms with Gasteiger partial charge in [-0.25, -0.2) is 0 Å². The van der Waals surface area contributed by atoms with E-state index in [0.29, 0.717) is 11.8 Å². The standard InChI is InChI=1S/C16H24O3/c1-11-6-12(2)8-15(7-11)19-16-5-4-14(18-3)9-13(16)10-17/h4-5,9,11-12,15,17H,6-8,10H2,1-3H3. The van der Waals surface area contributed by atoms with Crippen LogP contribution in [0, 0.1) is 11.8 Å². The van der Waals surface area contributed by atoms with Gasteiger partial charge in [-0.15, -0.1) is 0 Å². The zero-order valence-electron chi connectivity index (χ0n) is 12.1. The topological polar surface area (TPSA) is 38.7 Å². The number of benzene rings is 1. The molecule has 0 spiro atoms. The quantitative estimate of drug-likeness (QED) is 0.906. The van der Waals surface area contributed by atoms with Crippen molar-refractivity contribution in [3.05, 3.63) is 23.8 Å². The predicted molar refractivity (Wildman–Crippen MR) is 75.5 cm³/mol. The molecule has 2 rings (SSSR count). The van der Waals surface area contributed by atoms with Crippen molar-refractivity contribution in [2.45, 2.75) is 45.8 Å². The summed E-state index contributed by atoms with van der Waals surface area (Å²) in [5.74, 6) is 2.96. The Hall–Kier alpha value is -1.22. The molecule has 1 aromatic carbocycles. The molecule has 1 N–H and O–H groups in total. The first kappa shape index (κ1) is 14.2. The van der Waals surface area contributed by atoms with E-state index >= 15 is 0 Å². The van der Waals surface area contributed by atoms with Crippen LogP contribution in [0.5, 0.6) is 11.5 Å². The first-order valence-electron chi connectivity index (χ1n) is 7.06. The second kappa shape index (κ2) is 6.29. The van der Waals surface area contributed by atoms with Crippen LogP contribution in [0.2, 0.25) is 0 Å². The smallest absolute Gasteiger partial charge is 0.125 e. The Kier molecular flexibility index (Phi) is 4.70. The summed E-state index contributed by atoms with van der Waals surface area (Å²) in [5.41, 5.74) is 0.797. The van der Waals surface area contributed by atoms with Crippen molar-refractivity contribution in [2.75, 3.05) is 7.11 Å². The van der Waals surface area contributed by atoms with Crippen LogP contribution in [0.1, 0.15) is 38.7 Å². The molecule has 2 unspecified atom stereocenters. The second-order valence-electron chi connectivity index (χ2n) is 5.79. The molecule has 19 heavy (non-hydrogen) atoms. The fourth-order valence-corrected chi connectivity index (χ4v) is 3.07. The van der Waals surface area contributed by atoms with Crippen LogP contribution in [0.25, 0.3) is 0 Å². The summed E-state index contributed by atoms with van der Waals surface area (Å²) in [7, 11) is 1.63. The van der Waals surface area contributed by atoms with Crippen molar-refractivity contribution in [3.8, 4) is 11.5 Å². The van der Waals surface area contributed by atoms with Gasteiger partial charge in [0.25, 0.3) is 0 Å². The van der Waals surface area contributed by atoms with Gasteiger partial charge in [0.15, 0.2) is 0 Å². The summed E-state index contributed by atoms with van der Waals surface area (Å²) >= 11 is 0. The molecular weight excluding hydrogens is 240 g/mol. The van der Waals surface area contributed by atoms with E-state index in [0.717, 1.165) is 29.9 Å². The van der Waals surface area contributed by atoms with Gasteiger partial charge in [-0.3, -0.25) is 0 Å². The Morgan fingerprint density at radius 3 is 2.42 bits per heavy atom. The Balaban J connectivity index is 2.09. The van der Waals surface area contributed by atoms with E-state index in [9.17, 15) is 5.11 Å². The van der Waals surface area contributed by atoms with Crippen LogP contribution in [-0.4, -0.2) is 18.3 Å². The van der Waals surface area contributed by atoms with E-state index in [-0.39, 0.29) is 12.7 Å². The molecule has 106 valence electrons. The lowest BCUT2D eigenvalue weighted by atomic mass is 9.82. The van der Waals surface area contributed by atoms with Crippen LogP contribution >= 0.6 is 0 Å². The third-order valence-electron chi connectivity index (χ3n) is 3.87. The van der Waals surface area contributed by atoms with Gasteiger partial charge >= 0.3 is 0 Å². The molecule has 0 heterocycles. The Labute approximate surface area is 115 Å². The summed E-state index contributed by atoms with van der Waals surface area (Å²) in [6.07, 6.45) is 3.75. The fraction of sp³-hybridized carbons (Fsp3) is 0.625. The van der Waals surface area contributed by atoms with Crippen LogP contribution in [0.15, 0.2) is 18.2 Å². The lowest BCUT2D eigenvalue weighted by molar-refractivity contribution is 0.0983. The lowest BCUT2D eigenvalue weighted by Crippen LogP contribution is -2.28. The lowest BCUT2D eigenvalue weighted by Gasteiger charge is -2.32. The minimum absolute atomic E-state index is 0.0235. The first-order chi connectivity index (χ1) is 9.12. The highest BCUT2D eigenvalue weighted by molar-refractivity contribution is 5.40. The molecule has 1 aliphatic rings. The fourth-order valence-electron chi connectivity index (χ4n) is 3.07. The minimum Gasteiger partial charge on any atom is -0.497 e. The third-order valence-corrected chi connectivity index (χ3v) is 3.87. The molecule has 1 aromatic rings. The zero-order valence-corrected chi connectivity index (χ0v) is 12.1. The molecule has 2 atom stereocenters. The predicted octanol–water partition coefficient (Wildman–Crippen LogP) is 3.39. The zero-order chi connectivity index (χ0) is 13.8. The van der Waals surface area contributed by atoms with Gasteiger partial charge < -0.3 is 14.6 Å². The van der Waals surface area contributed by atoms with Gasteiger partial charge in [-0.1, -0.05) is 13.8 Å². The highest BCUT2D eigenvalue weighted by Crippen LogP contribution is 2.33. The van der Waals surface area contributed by atoms with Crippen molar-refractivity contribution < 1.29 is 14.6 Å². The first-order valence-corrected chi connectivity index (χ1v) is 7.06. The highest BCUT2D eigenvalue weighted by Gasteiger charge is 2.25. The maximum atomic E-state index is 9.44. The Morgan fingerprint density at radius 1 is 1.16 bits per heavy atom. The summed E-state index contributed by atoms with van der Waals surface area (Å²) in [5, 5.41) is 9.44. The maximum Gasteiger partial charge on any atom is 0.125 e. The molecule has 0 radical (unpaired) electrons. The average molecular weight is 264 g/mol. The summed E-state index contributed by atoms with van der Waals surface area (Å²) in [4.78, 5) is 0. The maximum absolute atomic E-state index is 9.44. The van der Waals surface area contributed by atoms with Gasteiger partial charge in [0.2, 0.25) is 0 Å². The van der Waals surface area contributed by atoms with E-state index in [1.165, 1.54) is 6.42 Å².